The summed E-state index contributed by atoms with van der Waals surface area (Å²) in [6, 6.07) is 14.6. The van der Waals surface area contributed by atoms with Crippen molar-refractivity contribution >= 4 is 40.7 Å². The van der Waals surface area contributed by atoms with Gasteiger partial charge in [-0.2, -0.15) is 0 Å². The largest absolute Gasteiger partial charge is 0.338 e. The van der Waals surface area contributed by atoms with Gasteiger partial charge in [0.2, 0.25) is 11.8 Å². The fourth-order valence-electron chi connectivity index (χ4n) is 2.59. The zero-order valence-electron chi connectivity index (χ0n) is 15.6. The van der Waals surface area contributed by atoms with E-state index in [4.69, 9.17) is 23.2 Å². The number of hydrogen-bond donors (Lipinski definition) is 1. The van der Waals surface area contributed by atoms with Gasteiger partial charge in [-0.25, -0.2) is 0 Å². The van der Waals surface area contributed by atoms with Crippen LogP contribution in [0.2, 0.25) is 10.0 Å². The monoisotopic (exact) mass is 407 g/mol. The van der Waals surface area contributed by atoms with E-state index in [2.05, 4.69) is 5.32 Å². The van der Waals surface area contributed by atoms with Crippen LogP contribution in [0.4, 0.5) is 5.69 Å². The standard InChI is InChI=1S/C20H23Cl2N3O2/c1-14(15-7-5-4-6-8-15)25(3)20(27)13-24(2)12-19(26)23-16-9-10-17(21)18(22)11-16/h4-11,14H,12-13H2,1-3H3,(H,23,26)/t14-/m0/s1. The lowest BCUT2D eigenvalue weighted by atomic mass is 10.1. The van der Waals surface area contributed by atoms with E-state index in [0.717, 1.165) is 5.56 Å². The van der Waals surface area contributed by atoms with Gasteiger partial charge in [0.25, 0.3) is 0 Å². The molecule has 7 heteroatoms. The Balaban J connectivity index is 1.86. The first-order chi connectivity index (χ1) is 12.8. The Labute approximate surface area is 169 Å². The van der Waals surface area contributed by atoms with E-state index in [1.54, 1.807) is 42.1 Å². The van der Waals surface area contributed by atoms with Gasteiger partial charge < -0.3 is 10.2 Å². The normalized spacial score (nSPS) is 11.9. The second-order valence-electron chi connectivity index (χ2n) is 6.44. The summed E-state index contributed by atoms with van der Waals surface area (Å²) >= 11 is 11.8. The van der Waals surface area contributed by atoms with E-state index in [-0.39, 0.29) is 30.9 Å². The zero-order valence-corrected chi connectivity index (χ0v) is 17.1. The lowest BCUT2D eigenvalue weighted by molar-refractivity contribution is -0.133. The summed E-state index contributed by atoms with van der Waals surface area (Å²) in [4.78, 5) is 28.0. The molecule has 0 unspecified atom stereocenters. The highest BCUT2D eigenvalue weighted by Crippen LogP contribution is 2.25. The molecule has 0 saturated heterocycles. The number of carbonyl (C=O) groups is 2. The SMILES string of the molecule is C[C@@H](c1ccccc1)N(C)C(=O)CN(C)CC(=O)Nc1ccc(Cl)c(Cl)c1. The van der Waals surface area contributed by atoms with Crippen molar-refractivity contribution in [3.05, 3.63) is 64.1 Å². The smallest absolute Gasteiger partial charge is 0.238 e. The third-order valence-corrected chi connectivity index (χ3v) is 5.02. The molecule has 2 aromatic rings. The molecule has 2 amide bonds. The number of anilines is 1. The van der Waals surface area contributed by atoms with Crippen molar-refractivity contribution in [2.75, 3.05) is 32.5 Å². The molecule has 0 aromatic heterocycles. The lowest BCUT2D eigenvalue weighted by Crippen LogP contribution is -2.40. The Morgan fingerprint density at radius 3 is 2.30 bits per heavy atom. The predicted molar refractivity (Wildman–Crippen MR) is 110 cm³/mol. The highest BCUT2D eigenvalue weighted by atomic mass is 35.5. The Bertz CT molecular complexity index is 799. The average Bonchev–Trinajstić information content (AvgIpc) is 2.64. The van der Waals surface area contributed by atoms with Crippen molar-refractivity contribution < 1.29 is 9.59 Å². The molecule has 2 aromatic carbocycles. The van der Waals surface area contributed by atoms with Crippen LogP contribution >= 0.6 is 23.2 Å². The summed E-state index contributed by atoms with van der Waals surface area (Å²) in [7, 11) is 3.50. The first-order valence-corrected chi connectivity index (χ1v) is 9.27. The quantitative estimate of drug-likeness (QED) is 0.751. The fraction of sp³-hybridized carbons (Fsp3) is 0.300. The first kappa shape index (κ1) is 21.2. The van der Waals surface area contributed by atoms with Crippen molar-refractivity contribution in [2.45, 2.75) is 13.0 Å². The van der Waals surface area contributed by atoms with Gasteiger partial charge in [0.15, 0.2) is 0 Å². The summed E-state index contributed by atoms with van der Waals surface area (Å²) in [6.45, 7) is 2.20. The van der Waals surface area contributed by atoms with Gasteiger partial charge in [-0.3, -0.25) is 14.5 Å². The molecule has 27 heavy (non-hydrogen) atoms. The number of amides is 2. The van der Waals surface area contributed by atoms with Gasteiger partial charge in [0.1, 0.15) is 0 Å². The number of halogens is 2. The van der Waals surface area contributed by atoms with Crippen molar-refractivity contribution in [1.82, 2.24) is 9.80 Å². The van der Waals surface area contributed by atoms with Crippen molar-refractivity contribution in [2.24, 2.45) is 0 Å². The minimum absolute atomic E-state index is 0.0443. The van der Waals surface area contributed by atoms with Gasteiger partial charge in [-0.15, -0.1) is 0 Å². The van der Waals surface area contributed by atoms with Gasteiger partial charge in [-0.05, 0) is 37.7 Å². The molecule has 2 rings (SSSR count). The van der Waals surface area contributed by atoms with Crippen LogP contribution in [0.1, 0.15) is 18.5 Å². The minimum atomic E-state index is -0.234. The average molecular weight is 408 g/mol. The number of nitrogens with zero attached hydrogens (tertiary/aromatic N) is 2. The number of carbonyl (C=O) groups excluding carboxylic acids is 2. The minimum Gasteiger partial charge on any atom is -0.338 e. The molecule has 144 valence electrons. The number of benzene rings is 2. The number of nitrogens with one attached hydrogen (secondary N) is 1. The van der Waals surface area contributed by atoms with E-state index >= 15 is 0 Å². The zero-order chi connectivity index (χ0) is 20.0. The molecule has 0 radical (unpaired) electrons. The Hall–Kier alpha value is -2.08. The fourth-order valence-corrected chi connectivity index (χ4v) is 2.89. The summed E-state index contributed by atoms with van der Waals surface area (Å²) in [5.74, 6) is -0.293. The molecule has 5 nitrogen and oxygen atoms in total. The molecule has 1 N–H and O–H groups in total. The highest BCUT2D eigenvalue weighted by molar-refractivity contribution is 6.42. The molecular formula is C20H23Cl2N3O2. The van der Waals surface area contributed by atoms with E-state index in [0.29, 0.717) is 15.7 Å². The van der Waals surface area contributed by atoms with Crippen molar-refractivity contribution in [3.63, 3.8) is 0 Å². The molecule has 0 spiro atoms. The number of likely N-dealkylation sites (N-methyl/N-ethyl adjacent to an activating group) is 2. The van der Waals surface area contributed by atoms with Crippen LogP contribution in [0.5, 0.6) is 0 Å². The number of rotatable bonds is 7. The molecule has 0 aliphatic rings. The highest BCUT2D eigenvalue weighted by Gasteiger charge is 2.19. The van der Waals surface area contributed by atoms with Crippen LogP contribution in [-0.2, 0) is 9.59 Å². The van der Waals surface area contributed by atoms with E-state index in [9.17, 15) is 9.59 Å². The van der Waals surface area contributed by atoms with Gasteiger partial charge >= 0.3 is 0 Å². The van der Waals surface area contributed by atoms with Crippen LogP contribution in [0, 0.1) is 0 Å². The van der Waals surface area contributed by atoms with Gasteiger partial charge in [0.05, 0.1) is 29.2 Å². The molecule has 0 heterocycles. The summed E-state index contributed by atoms with van der Waals surface area (Å²) in [5, 5.41) is 3.54. The molecule has 1 atom stereocenters. The molecule has 0 saturated carbocycles. The summed E-state index contributed by atoms with van der Waals surface area (Å²) in [6.07, 6.45) is 0. The third-order valence-electron chi connectivity index (χ3n) is 4.28. The second kappa shape index (κ2) is 9.74. The van der Waals surface area contributed by atoms with Crippen LogP contribution in [-0.4, -0.2) is 48.8 Å². The van der Waals surface area contributed by atoms with Crippen molar-refractivity contribution in [3.8, 4) is 0 Å². The van der Waals surface area contributed by atoms with Crippen LogP contribution < -0.4 is 5.32 Å². The molecule has 0 aliphatic heterocycles. The molecular weight excluding hydrogens is 385 g/mol. The van der Waals surface area contributed by atoms with Crippen molar-refractivity contribution in [1.29, 1.82) is 0 Å². The maximum atomic E-state index is 12.5. The number of hydrogen-bond acceptors (Lipinski definition) is 3. The summed E-state index contributed by atoms with van der Waals surface area (Å²) in [5.41, 5.74) is 1.62. The predicted octanol–water partition coefficient (Wildman–Crippen LogP) is 4.08. The maximum Gasteiger partial charge on any atom is 0.238 e. The summed E-state index contributed by atoms with van der Waals surface area (Å²) < 4.78 is 0. The van der Waals surface area contributed by atoms with Crippen LogP contribution in [0.3, 0.4) is 0 Å². The molecule has 0 fully saturated rings. The Kier molecular flexibility index (Phi) is 7.66. The van der Waals surface area contributed by atoms with Gasteiger partial charge in [-0.1, -0.05) is 53.5 Å². The van der Waals surface area contributed by atoms with Gasteiger partial charge in [0, 0.05) is 12.7 Å². The van der Waals surface area contributed by atoms with E-state index in [1.807, 2.05) is 37.3 Å². The van der Waals surface area contributed by atoms with E-state index in [1.165, 1.54) is 0 Å². The molecule has 0 aliphatic carbocycles. The second-order valence-corrected chi connectivity index (χ2v) is 7.26. The van der Waals surface area contributed by atoms with Crippen LogP contribution in [0.25, 0.3) is 0 Å². The molecule has 0 bridgehead atoms. The Morgan fingerprint density at radius 2 is 1.67 bits per heavy atom. The lowest BCUT2D eigenvalue weighted by Gasteiger charge is -2.27. The third kappa shape index (κ3) is 6.24. The Morgan fingerprint density at radius 1 is 1.00 bits per heavy atom. The first-order valence-electron chi connectivity index (χ1n) is 8.52. The maximum absolute atomic E-state index is 12.5. The topological polar surface area (TPSA) is 52.7 Å². The van der Waals surface area contributed by atoms with E-state index < -0.39 is 0 Å². The van der Waals surface area contributed by atoms with Crippen LogP contribution in [0.15, 0.2) is 48.5 Å².